The second kappa shape index (κ2) is 14.6. The van der Waals surface area contributed by atoms with Crippen LogP contribution in [0.3, 0.4) is 0 Å². The lowest BCUT2D eigenvalue weighted by molar-refractivity contribution is -0.808. The number of aromatic nitrogens is 2. The SMILES string of the molecule is CC1(C)CC[C@]2(C(=O)OCc3ccc(OCc4c(-c5ccccc5)no[n+]4[O-])cc3)CC[C@]3(C)C(=CC[C@@H]4[C@@]5(C)CC[C@H](OC(=O)C(F)(F)F)C(C)(C)[C@@H]5CC[C@]43C)[C@@H]2C1. The summed E-state index contributed by atoms with van der Waals surface area (Å²) >= 11 is 0. The molecule has 0 aliphatic heterocycles. The van der Waals surface area contributed by atoms with Crippen molar-refractivity contribution in [1.82, 2.24) is 5.16 Å². The summed E-state index contributed by atoms with van der Waals surface area (Å²) in [6.07, 6.45) is 4.60. The van der Waals surface area contributed by atoms with Crippen molar-refractivity contribution < 1.29 is 46.5 Å². The number of allylic oxidation sites excluding steroid dienone is 2. The Hall–Kier alpha value is -4.35. The fourth-order valence-electron chi connectivity index (χ4n) is 13.3. The largest absolute Gasteiger partial charge is 0.490 e. The number of carbonyl (C=O) groups is 2. The van der Waals surface area contributed by atoms with Crippen molar-refractivity contribution in [3.8, 4) is 17.0 Å². The van der Waals surface area contributed by atoms with E-state index in [9.17, 15) is 28.0 Å². The molecule has 9 nitrogen and oxygen atoms in total. The number of esters is 2. The first-order valence-corrected chi connectivity index (χ1v) is 21.7. The van der Waals surface area contributed by atoms with E-state index in [0.29, 0.717) is 35.1 Å². The molecule has 3 aromatic rings. The lowest BCUT2D eigenvalue weighted by atomic mass is 9.33. The molecule has 0 unspecified atom stereocenters. The van der Waals surface area contributed by atoms with E-state index >= 15 is 0 Å². The molecule has 4 saturated carbocycles. The Labute approximate surface area is 350 Å². The van der Waals surface area contributed by atoms with Crippen LogP contribution in [0.4, 0.5) is 13.2 Å². The predicted octanol–water partition coefficient (Wildman–Crippen LogP) is 10.9. The molecule has 12 heteroatoms. The van der Waals surface area contributed by atoms with E-state index in [4.69, 9.17) is 18.8 Å². The van der Waals surface area contributed by atoms with Gasteiger partial charge in [0.1, 0.15) is 18.5 Å². The smallest absolute Gasteiger partial charge is 0.485 e. The fourth-order valence-corrected chi connectivity index (χ4v) is 13.3. The van der Waals surface area contributed by atoms with Gasteiger partial charge >= 0.3 is 18.1 Å². The molecule has 5 aliphatic carbocycles. The number of benzene rings is 2. The summed E-state index contributed by atoms with van der Waals surface area (Å²) < 4.78 is 62.2. The van der Waals surface area contributed by atoms with Gasteiger partial charge in [-0.05, 0) is 126 Å². The standard InChI is InChI=1S/C48H59F3N2O7/c1-42(2)23-25-47(40(54)58-28-30-13-15-32(16-14-30)57-29-35-39(52-60-53(35)56)31-11-9-8-10-12-31)26-24-45(6)33(34(47)27-42)17-18-37-44(5)21-20-38(59-41(55)48(49,50)51)43(3,4)36(44)19-22-46(37,45)7/h8-17,34,36-38H,18-29H2,1-7H3/t34-,36-,37+,38-,44-,45+,46+,47-/m0/s1. The number of ether oxygens (including phenoxy) is 3. The monoisotopic (exact) mass is 832 g/mol. The molecular weight excluding hydrogens is 774 g/mol. The first-order chi connectivity index (χ1) is 28.1. The Balaban J connectivity index is 0.983. The van der Waals surface area contributed by atoms with Crippen molar-refractivity contribution in [3.63, 3.8) is 0 Å². The summed E-state index contributed by atoms with van der Waals surface area (Å²) in [5.74, 6) is -1.25. The number of fused-ring (bicyclic) bond motifs is 7. The third-order valence-electron chi connectivity index (χ3n) is 16.9. The number of carbonyl (C=O) groups excluding carboxylic acids is 2. The van der Waals surface area contributed by atoms with Gasteiger partial charge in [0.15, 0.2) is 6.61 Å². The molecule has 0 spiro atoms. The maximum absolute atomic E-state index is 14.6. The second-order valence-electron chi connectivity index (χ2n) is 20.7. The summed E-state index contributed by atoms with van der Waals surface area (Å²) in [6, 6.07) is 16.6. The van der Waals surface area contributed by atoms with Gasteiger partial charge in [-0.3, -0.25) is 9.42 Å². The third-order valence-corrected chi connectivity index (χ3v) is 16.9. The van der Waals surface area contributed by atoms with Gasteiger partial charge in [0.05, 0.1) is 5.41 Å². The Bertz CT molecular complexity index is 2150. The van der Waals surface area contributed by atoms with Crippen molar-refractivity contribution in [2.75, 3.05) is 0 Å². The molecule has 8 atom stereocenters. The van der Waals surface area contributed by atoms with E-state index in [1.165, 1.54) is 5.57 Å². The van der Waals surface area contributed by atoms with E-state index < -0.39 is 29.1 Å². The average molecular weight is 833 g/mol. The van der Waals surface area contributed by atoms with Gasteiger partial charge < -0.3 is 19.4 Å². The van der Waals surface area contributed by atoms with Crippen LogP contribution in [0.2, 0.25) is 0 Å². The Morgan fingerprint density at radius 3 is 2.27 bits per heavy atom. The lowest BCUT2D eigenvalue weighted by Gasteiger charge is -2.71. The lowest BCUT2D eigenvalue weighted by Crippen LogP contribution is -2.65. The normalized spacial score (nSPS) is 34.1. The van der Waals surface area contributed by atoms with Crippen LogP contribution in [0.5, 0.6) is 5.75 Å². The number of alkyl halides is 3. The molecule has 8 rings (SSSR count). The minimum Gasteiger partial charge on any atom is -0.485 e. The number of hydrogen-bond acceptors (Lipinski definition) is 8. The molecule has 4 fully saturated rings. The third kappa shape index (κ3) is 6.82. The van der Waals surface area contributed by atoms with Gasteiger partial charge in [-0.2, -0.15) is 13.2 Å². The molecule has 0 saturated heterocycles. The van der Waals surface area contributed by atoms with Crippen molar-refractivity contribution in [3.05, 3.63) is 82.7 Å². The molecule has 60 heavy (non-hydrogen) atoms. The average Bonchev–Trinajstić information content (AvgIpc) is 3.57. The van der Waals surface area contributed by atoms with Crippen molar-refractivity contribution in [1.29, 1.82) is 0 Å². The summed E-state index contributed by atoms with van der Waals surface area (Å²) in [6.45, 7) is 15.9. The summed E-state index contributed by atoms with van der Waals surface area (Å²) in [4.78, 5) is 27.0. The quantitative estimate of drug-likeness (QED) is 0.125. The molecule has 324 valence electrons. The van der Waals surface area contributed by atoms with E-state index in [-0.39, 0.29) is 58.4 Å². The van der Waals surface area contributed by atoms with Crippen LogP contribution in [0, 0.1) is 55.5 Å². The molecule has 5 aliphatic rings. The fraction of sp³-hybridized carbons (Fsp3) is 0.625. The Morgan fingerprint density at radius 2 is 1.57 bits per heavy atom. The van der Waals surface area contributed by atoms with Crippen molar-refractivity contribution in [2.24, 2.45) is 50.2 Å². The molecule has 2 aromatic carbocycles. The predicted molar refractivity (Wildman–Crippen MR) is 216 cm³/mol. The van der Waals surface area contributed by atoms with Crippen LogP contribution >= 0.6 is 0 Å². The second-order valence-corrected chi connectivity index (χ2v) is 20.7. The highest BCUT2D eigenvalue weighted by molar-refractivity contribution is 5.79. The number of rotatable bonds is 8. The minimum absolute atomic E-state index is 0.0405. The summed E-state index contributed by atoms with van der Waals surface area (Å²) in [5, 5.41) is 16.3. The Morgan fingerprint density at radius 1 is 0.867 bits per heavy atom. The first kappa shape index (κ1) is 42.3. The van der Waals surface area contributed by atoms with Gasteiger partial charge in [0.25, 0.3) is 5.69 Å². The van der Waals surface area contributed by atoms with E-state index in [0.717, 1.165) is 62.5 Å². The van der Waals surface area contributed by atoms with Gasteiger partial charge in [-0.25, -0.2) is 4.79 Å². The van der Waals surface area contributed by atoms with Crippen molar-refractivity contribution in [2.45, 2.75) is 138 Å². The zero-order chi connectivity index (χ0) is 43.1. The first-order valence-electron chi connectivity index (χ1n) is 21.7. The minimum atomic E-state index is -5.02. The molecule has 1 aromatic heterocycles. The van der Waals surface area contributed by atoms with Gasteiger partial charge in [-0.1, -0.05) is 103 Å². The van der Waals surface area contributed by atoms with Crippen LogP contribution in [0.15, 0.2) is 70.9 Å². The molecule has 0 radical (unpaired) electrons. The number of nitrogens with zero attached hydrogens (tertiary/aromatic N) is 2. The highest BCUT2D eigenvalue weighted by Crippen LogP contribution is 2.76. The van der Waals surface area contributed by atoms with E-state index in [2.05, 4.69) is 45.9 Å². The summed E-state index contributed by atoms with van der Waals surface area (Å²) in [7, 11) is 0. The number of halogens is 3. The summed E-state index contributed by atoms with van der Waals surface area (Å²) in [5.41, 5.74) is 2.08. The van der Waals surface area contributed by atoms with Crippen molar-refractivity contribution >= 4 is 11.9 Å². The zero-order valence-corrected chi connectivity index (χ0v) is 36.0. The molecule has 1 heterocycles. The number of hydrogen-bond donors (Lipinski definition) is 0. The van der Waals surface area contributed by atoms with Crippen LogP contribution in [0.1, 0.15) is 124 Å². The van der Waals surface area contributed by atoms with Gasteiger partial charge in [-0.15, -0.1) is 0 Å². The zero-order valence-electron chi connectivity index (χ0n) is 36.0. The molecular formula is C48H59F3N2O7. The van der Waals surface area contributed by atoms with E-state index in [1.807, 2.05) is 56.3 Å². The topological polar surface area (TPSA) is 115 Å². The molecule has 0 bridgehead atoms. The maximum Gasteiger partial charge on any atom is 0.490 e. The molecule has 0 amide bonds. The van der Waals surface area contributed by atoms with Crippen LogP contribution in [-0.2, 0) is 32.3 Å². The molecule has 0 N–H and O–H groups in total. The van der Waals surface area contributed by atoms with Gasteiger partial charge in [0, 0.05) is 16.1 Å². The highest BCUT2D eigenvalue weighted by Gasteiger charge is 2.70. The van der Waals surface area contributed by atoms with Crippen LogP contribution in [0.25, 0.3) is 11.3 Å². The Kier molecular flexibility index (Phi) is 10.3. The highest BCUT2D eigenvalue weighted by atomic mass is 19.4. The van der Waals surface area contributed by atoms with E-state index in [1.54, 1.807) is 12.1 Å². The maximum atomic E-state index is 14.6. The van der Waals surface area contributed by atoms with Gasteiger partial charge in [0.2, 0.25) is 5.69 Å². The van der Waals surface area contributed by atoms with Crippen LogP contribution < -0.4 is 9.64 Å². The van der Waals surface area contributed by atoms with Crippen LogP contribution in [-0.4, -0.2) is 29.4 Å².